The minimum absolute atomic E-state index is 0.0229. The molecule has 0 radical (unpaired) electrons. The second kappa shape index (κ2) is 7.00. The molecule has 1 saturated heterocycles. The number of amides is 1. The van der Waals surface area contributed by atoms with E-state index in [0.29, 0.717) is 13.1 Å². The Morgan fingerprint density at radius 2 is 1.25 bits per heavy atom. The van der Waals surface area contributed by atoms with Gasteiger partial charge < -0.3 is 4.90 Å². The van der Waals surface area contributed by atoms with Gasteiger partial charge in [0.25, 0.3) is 5.91 Å². The van der Waals surface area contributed by atoms with Gasteiger partial charge in [-0.05, 0) is 38.8 Å². The van der Waals surface area contributed by atoms with E-state index in [9.17, 15) is 9.59 Å². The maximum atomic E-state index is 12.6. The zero-order chi connectivity index (χ0) is 17.1. The van der Waals surface area contributed by atoms with E-state index < -0.39 is 0 Å². The molecule has 1 heterocycles. The Balaban J connectivity index is 1.61. The zero-order valence-electron chi connectivity index (χ0n) is 14.3. The van der Waals surface area contributed by atoms with E-state index in [-0.39, 0.29) is 17.6 Å². The second-order valence-electron chi connectivity index (χ2n) is 6.66. The molecule has 0 aromatic heterocycles. The minimum Gasteiger partial charge on any atom is -0.339 e. The number of hydrogen-bond acceptors (Lipinski definition) is 2. The lowest BCUT2D eigenvalue weighted by Crippen LogP contribution is -2.40. The summed E-state index contributed by atoms with van der Waals surface area (Å²) >= 11 is 0. The lowest BCUT2D eigenvalue weighted by molar-refractivity contribution is 0.0650. The number of aryl methyl sites for hydroxylation is 2. The summed E-state index contributed by atoms with van der Waals surface area (Å²) in [4.78, 5) is 27.0. The van der Waals surface area contributed by atoms with Gasteiger partial charge >= 0.3 is 0 Å². The number of benzene rings is 2. The van der Waals surface area contributed by atoms with Crippen molar-refractivity contribution in [3.8, 4) is 0 Å². The molecule has 124 valence electrons. The standard InChI is InChI=1S/C21H23NO2/c1-15-3-7-17(8-4-15)20(23)18-11-13-22(14-12-18)21(24)19-9-5-16(2)6-10-19/h3-10,18H,11-14H2,1-2H3. The van der Waals surface area contributed by atoms with Crippen LogP contribution in [0.5, 0.6) is 0 Å². The number of nitrogens with zero attached hydrogens (tertiary/aromatic N) is 1. The molecule has 0 spiro atoms. The van der Waals surface area contributed by atoms with Crippen LogP contribution in [0.3, 0.4) is 0 Å². The first-order chi connectivity index (χ1) is 11.5. The fourth-order valence-corrected chi connectivity index (χ4v) is 3.18. The van der Waals surface area contributed by atoms with Crippen LogP contribution in [0.25, 0.3) is 0 Å². The van der Waals surface area contributed by atoms with Crippen LogP contribution in [0.1, 0.15) is 44.7 Å². The van der Waals surface area contributed by atoms with Crippen molar-refractivity contribution in [3.63, 3.8) is 0 Å². The highest BCUT2D eigenvalue weighted by atomic mass is 16.2. The van der Waals surface area contributed by atoms with Gasteiger partial charge in [0.15, 0.2) is 5.78 Å². The van der Waals surface area contributed by atoms with Crippen LogP contribution in [0.4, 0.5) is 0 Å². The summed E-state index contributed by atoms with van der Waals surface area (Å²) in [6.07, 6.45) is 1.48. The van der Waals surface area contributed by atoms with Gasteiger partial charge in [-0.2, -0.15) is 0 Å². The summed E-state index contributed by atoms with van der Waals surface area (Å²) in [6.45, 7) is 5.32. The number of carbonyl (C=O) groups is 2. The predicted octanol–water partition coefficient (Wildman–Crippen LogP) is 4.04. The maximum Gasteiger partial charge on any atom is 0.253 e. The quantitative estimate of drug-likeness (QED) is 0.800. The Bertz CT molecular complexity index is 658. The first kappa shape index (κ1) is 16.4. The van der Waals surface area contributed by atoms with Crippen LogP contribution >= 0.6 is 0 Å². The molecule has 0 atom stereocenters. The number of rotatable bonds is 3. The second-order valence-corrected chi connectivity index (χ2v) is 6.66. The van der Waals surface area contributed by atoms with Crippen LogP contribution < -0.4 is 0 Å². The number of piperidine rings is 1. The highest BCUT2D eigenvalue weighted by Gasteiger charge is 2.28. The van der Waals surface area contributed by atoms with Crippen molar-refractivity contribution in [3.05, 3.63) is 70.8 Å². The summed E-state index contributed by atoms with van der Waals surface area (Å²) in [6, 6.07) is 15.4. The van der Waals surface area contributed by atoms with Crippen molar-refractivity contribution in [1.82, 2.24) is 4.90 Å². The Kier molecular flexibility index (Phi) is 4.79. The Labute approximate surface area is 143 Å². The van der Waals surface area contributed by atoms with Crippen molar-refractivity contribution in [2.75, 3.05) is 13.1 Å². The lowest BCUT2D eigenvalue weighted by atomic mass is 9.88. The molecule has 3 nitrogen and oxygen atoms in total. The third-order valence-electron chi connectivity index (χ3n) is 4.79. The van der Waals surface area contributed by atoms with Crippen LogP contribution in [0, 0.1) is 19.8 Å². The number of carbonyl (C=O) groups excluding carboxylic acids is 2. The van der Waals surface area contributed by atoms with Crippen molar-refractivity contribution in [1.29, 1.82) is 0 Å². The molecule has 0 aliphatic carbocycles. The maximum absolute atomic E-state index is 12.6. The SMILES string of the molecule is Cc1ccc(C(=O)C2CCN(C(=O)c3ccc(C)cc3)CC2)cc1. The molecule has 2 aromatic rings. The molecule has 0 unspecified atom stereocenters. The number of likely N-dealkylation sites (tertiary alicyclic amines) is 1. The van der Waals surface area contributed by atoms with Crippen molar-refractivity contribution >= 4 is 11.7 Å². The fourth-order valence-electron chi connectivity index (χ4n) is 3.18. The zero-order valence-corrected chi connectivity index (χ0v) is 14.3. The van der Waals surface area contributed by atoms with Crippen LogP contribution in [0.15, 0.2) is 48.5 Å². The molecule has 24 heavy (non-hydrogen) atoms. The molecule has 0 N–H and O–H groups in total. The Morgan fingerprint density at radius 1 is 0.792 bits per heavy atom. The molecular weight excluding hydrogens is 298 g/mol. The Morgan fingerprint density at radius 3 is 1.75 bits per heavy atom. The van der Waals surface area contributed by atoms with Crippen LogP contribution in [-0.4, -0.2) is 29.7 Å². The van der Waals surface area contributed by atoms with E-state index in [1.165, 1.54) is 0 Å². The molecule has 1 aliphatic rings. The monoisotopic (exact) mass is 321 g/mol. The summed E-state index contributed by atoms with van der Waals surface area (Å²) in [5, 5.41) is 0. The normalized spacial score (nSPS) is 15.3. The molecule has 1 aliphatic heterocycles. The minimum atomic E-state index is 0.0229. The van der Waals surface area contributed by atoms with Gasteiger partial charge in [0.1, 0.15) is 0 Å². The van der Waals surface area contributed by atoms with Gasteiger partial charge in [-0.15, -0.1) is 0 Å². The summed E-state index contributed by atoms with van der Waals surface area (Å²) in [5.74, 6) is 0.295. The van der Waals surface area contributed by atoms with Gasteiger partial charge in [0.2, 0.25) is 0 Å². The van der Waals surface area contributed by atoms with E-state index in [2.05, 4.69) is 0 Å². The molecule has 3 heteroatoms. The fraction of sp³-hybridized carbons (Fsp3) is 0.333. The average molecular weight is 321 g/mol. The van der Waals surface area contributed by atoms with Crippen LogP contribution in [0.2, 0.25) is 0 Å². The Hall–Kier alpha value is -2.42. The largest absolute Gasteiger partial charge is 0.339 e. The van der Waals surface area contributed by atoms with E-state index in [4.69, 9.17) is 0 Å². The van der Waals surface area contributed by atoms with Gasteiger partial charge in [0, 0.05) is 30.1 Å². The van der Waals surface area contributed by atoms with Crippen molar-refractivity contribution in [2.24, 2.45) is 5.92 Å². The smallest absolute Gasteiger partial charge is 0.253 e. The van der Waals surface area contributed by atoms with Gasteiger partial charge in [-0.25, -0.2) is 0 Å². The van der Waals surface area contributed by atoms with E-state index in [1.807, 2.05) is 67.3 Å². The molecule has 0 bridgehead atoms. The highest BCUT2D eigenvalue weighted by Crippen LogP contribution is 2.23. The highest BCUT2D eigenvalue weighted by molar-refractivity contribution is 5.98. The summed E-state index contributed by atoms with van der Waals surface area (Å²) in [5.41, 5.74) is 3.81. The first-order valence-electron chi connectivity index (χ1n) is 8.51. The van der Waals surface area contributed by atoms with E-state index >= 15 is 0 Å². The third-order valence-corrected chi connectivity index (χ3v) is 4.79. The predicted molar refractivity (Wildman–Crippen MR) is 95.3 cm³/mol. The number of hydrogen-bond donors (Lipinski definition) is 0. The van der Waals surface area contributed by atoms with Gasteiger partial charge in [0.05, 0.1) is 0 Å². The average Bonchev–Trinajstić information content (AvgIpc) is 2.62. The molecule has 3 rings (SSSR count). The van der Waals surface area contributed by atoms with Crippen molar-refractivity contribution in [2.45, 2.75) is 26.7 Å². The van der Waals surface area contributed by atoms with E-state index in [1.54, 1.807) is 0 Å². The summed E-state index contributed by atoms with van der Waals surface area (Å²) in [7, 11) is 0. The third kappa shape index (κ3) is 3.56. The lowest BCUT2D eigenvalue weighted by Gasteiger charge is -2.31. The van der Waals surface area contributed by atoms with E-state index in [0.717, 1.165) is 35.1 Å². The molecule has 1 amide bonds. The first-order valence-corrected chi connectivity index (χ1v) is 8.51. The molecular formula is C21H23NO2. The molecule has 2 aromatic carbocycles. The van der Waals surface area contributed by atoms with Crippen molar-refractivity contribution < 1.29 is 9.59 Å². The topological polar surface area (TPSA) is 37.4 Å². The number of Topliss-reactive ketones (excluding diaryl/α,β-unsaturated/α-hetero) is 1. The number of ketones is 1. The molecule has 0 saturated carbocycles. The van der Waals surface area contributed by atoms with Gasteiger partial charge in [-0.3, -0.25) is 9.59 Å². The molecule has 1 fully saturated rings. The summed E-state index contributed by atoms with van der Waals surface area (Å²) < 4.78 is 0. The van der Waals surface area contributed by atoms with Crippen LogP contribution in [-0.2, 0) is 0 Å². The van der Waals surface area contributed by atoms with Gasteiger partial charge in [-0.1, -0.05) is 47.5 Å².